The highest BCUT2D eigenvalue weighted by Gasteiger charge is 2.50. The van der Waals surface area contributed by atoms with Crippen LogP contribution in [0.1, 0.15) is 32.6 Å². The van der Waals surface area contributed by atoms with E-state index in [2.05, 4.69) is 32.0 Å². The van der Waals surface area contributed by atoms with Gasteiger partial charge in [0.15, 0.2) is 0 Å². The number of carboxylic acid groups (broad SMARTS) is 1. The van der Waals surface area contributed by atoms with E-state index in [1.165, 1.54) is 0 Å². The monoisotopic (exact) mass is 432 g/mol. The first-order valence-corrected chi connectivity index (χ1v) is 10.9. The van der Waals surface area contributed by atoms with E-state index >= 15 is 0 Å². The lowest BCUT2D eigenvalue weighted by Gasteiger charge is -2.49. The number of piperidine rings is 2. The molecule has 10 nitrogen and oxygen atoms in total. The van der Waals surface area contributed by atoms with Crippen LogP contribution in [0.15, 0.2) is 18.5 Å². The molecule has 10 heteroatoms. The Bertz CT molecular complexity index is 751. The van der Waals surface area contributed by atoms with Crippen molar-refractivity contribution in [3.05, 3.63) is 18.5 Å². The summed E-state index contributed by atoms with van der Waals surface area (Å²) >= 11 is 0. The van der Waals surface area contributed by atoms with Gasteiger partial charge in [-0.15, -0.1) is 0 Å². The first-order valence-electron chi connectivity index (χ1n) is 10.9. The summed E-state index contributed by atoms with van der Waals surface area (Å²) in [6.45, 7) is 7.02. The van der Waals surface area contributed by atoms with Crippen molar-refractivity contribution in [2.45, 2.75) is 38.6 Å². The van der Waals surface area contributed by atoms with Crippen molar-refractivity contribution in [2.75, 3.05) is 50.7 Å². The molecule has 0 bridgehead atoms. The number of aromatic nitrogens is 2. The number of piperazine rings is 1. The molecule has 2 amide bonds. The summed E-state index contributed by atoms with van der Waals surface area (Å²) in [5.74, 6) is 1.04. The molecule has 0 saturated carbocycles. The fraction of sp³-hybridized carbons (Fsp3) is 0.667. The maximum atomic E-state index is 13.1. The Balaban J connectivity index is 0.000000858. The van der Waals surface area contributed by atoms with Gasteiger partial charge < -0.3 is 20.2 Å². The second-order valence-corrected chi connectivity index (χ2v) is 8.30. The van der Waals surface area contributed by atoms with Gasteiger partial charge in [-0.1, -0.05) is 0 Å². The molecule has 170 valence electrons. The summed E-state index contributed by atoms with van der Waals surface area (Å²) < 4.78 is 0. The summed E-state index contributed by atoms with van der Waals surface area (Å²) in [6, 6.07) is 1.78. The molecule has 0 radical (unpaired) electrons. The number of amides is 2. The first-order chi connectivity index (χ1) is 15.0. The van der Waals surface area contributed by atoms with Crippen LogP contribution in [-0.4, -0.2) is 95.0 Å². The first kappa shape index (κ1) is 22.9. The quantitative estimate of drug-likeness (QED) is 0.651. The number of likely N-dealkylation sites (tertiary alicyclic amines) is 1. The fourth-order valence-corrected chi connectivity index (χ4v) is 4.98. The van der Waals surface area contributed by atoms with E-state index in [1.54, 1.807) is 12.4 Å². The number of anilines is 1. The smallest absolute Gasteiger partial charge is 0.290 e. The van der Waals surface area contributed by atoms with Gasteiger partial charge in [-0.2, -0.15) is 0 Å². The average molecular weight is 433 g/mol. The molecule has 3 aliphatic rings. The van der Waals surface area contributed by atoms with E-state index in [9.17, 15) is 9.59 Å². The van der Waals surface area contributed by atoms with Gasteiger partial charge in [0.2, 0.25) is 17.8 Å². The number of carbonyl (C=O) groups is 3. The zero-order chi connectivity index (χ0) is 22.3. The number of nitrogens with zero attached hydrogens (tertiary/aromatic N) is 5. The molecule has 4 rings (SSSR count). The van der Waals surface area contributed by atoms with E-state index < -0.39 is 5.41 Å². The third-order valence-electron chi connectivity index (χ3n) is 6.71. The Kier molecular flexibility index (Phi) is 7.78. The van der Waals surface area contributed by atoms with Gasteiger partial charge in [0.25, 0.3) is 6.47 Å². The van der Waals surface area contributed by atoms with Gasteiger partial charge in [0.1, 0.15) is 0 Å². The lowest BCUT2D eigenvalue weighted by molar-refractivity contribution is -0.150. The number of hydrogen-bond donors (Lipinski definition) is 2. The van der Waals surface area contributed by atoms with Crippen LogP contribution >= 0.6 is 0 Å². The van der Waals surface area contributed by atoms with E-state index in [-0.39, 0.29) is 24.3 Å². The van der Waals surface area contributed by atoms with Gasteiger partial charge in [0.05, 0.1) is 12.0 Å². The Morgan fingerprint density at radius 3 is 2.48 bits per heavy atom. The lowest BCUT2D eigenvalue weighted by Crippen LogP contribution is -2.62. The van der Waals surface area contributed by atoms with Gasteiger partial charge in [-0.3, -0.25) is 19.3 Å². The summed E-state index contributed by atoms with van der Waals surface area (Å²) in [7, 11) is 0. The minimum absolute atomic E-state index is 0.0342. The minimum atomic E-state index is -0.393. The summed E-state index contributed by atoms with van der Waals surface area (Å²) in [4.78, 5) is 49.0. The third-order valence-corrected chi connectivity index (χ3v) is 6.71. The van der Waals surface area contributed by atoms with Gasteiger partial charge in [-0.05, 0) is 38.7 Å². The molecule has 3 fully saturated rings. The standard InChI is InChI=1S/C20H30N6O2.CH2O2/c1-16-20(5-2-7-21-18(20)28)6-3-10-26(16)17(27)15-24-11-13-25(14-12-24)19-22-8-4-9-23-19;2-1-3/h4,8-9,16H,2-3,5-7,10-15H2,1H3,(H,21,28);1H,(H,2,3)/t16-,20+;/m1./s1. The molecule has 3 aliphatic heterocycles. The van der Waals surface area contributed by atoms with E-state index in [0.29, 0.717) is 6.54 Å². The van der Waals surface area contributed by atoms with Crippen molar-refractivity contribution in [3.63, 3.8) is 0 Å². The molecule has 0 aromatic carbocycles. The van der Waals surface area contributed by atoms with Crippen molar-refractivity contribution in [1.82, 2.24) is 25.1 Å². The van der Waals surface area contributed by atoms with E-state index in [1.807, 2.05) is 11.0 Å². The predicted molar refractivity (Wildman–Crippen MR) is 114 cm³/mol. The number of hydrogen-bond acceptors (Lipinski definition) is 7. The molecule has 0 unspecified atom stereocenters. The van der Waals surface area contributed by atoms with Crippen LogP contribution in [0.5, 0.6) is 0 Å². The Morgan fingerprint density at radius 2 is 1.84 bits per heavy atom. The summed E-state index contributed by atoms with van der Waals surface area (Å²) in [5.41, 5.74) is -0.393. The largest absolute Gasteiger partial charge is 0.483 e. The van der Waals surface area contributed by atoms with Crippen LogP contribution in [0.25, 0.3) is 0 Å². The highest BCUT2D eigenvalue weighted by Crippen LogP contribution is 2.41. The molecular formula is C21H32N6O4. The van der Waals surface area contributed by atoms with Crippen molar-refractivity contribution >= 4 is 24.2 Å². The molecule has 0 aliphatic carbocycles. The molecule has 1 aromatic rings. The van der Waals surface area contributed by atoms with Crippen LogP contribution in [-0.2, 0) is 14.4 Å². The second-order valence-electron chi connectivity index (χ2n) is 8.30. The minimum Gasteiger partial charge on any atom is -0.483 e. The zero-order valence-electron chi connectivity index (χ0n) is 18.1. The van der Waals surface area contributed by atoms with Crippen LogP contribution < -0.4 is 10.2 Å². The SMILES string of the molecule is C[C@H]1N(C(=O)CN2CCN(c3ncccn3)CC2)CCC[C@@]12CCCNC2=O.O=CO. The third kappa shape index (κ3) is 5.12. The topological polar surface area (TPSA) is 119 Å². The second kappa shape index (κ2) is 10.5. The van der Waals surface area contributed by atoms with Crippen LogP contribution in [0.2, 0.25) is 0 Å². The number of rotatable bonds is 3. The molecule has 1 spiro atoms. The van der Waals surface area contributed by atoms with Crippen molar-refractivity contribution in [2.24, 2.45) is 5.41 Å². The Hall–Kier alpha value is -2.75. The van der Waals surface area contributed by atoms with Crippen LogP contribution in [0.4, 0.5) is 5.95 Å². The van der Waals surface area contributed by atoms with Gasteiger partial charge in [-0.25, -0.2) is 9.97 Å². The van der Waals surface area contributed by atoms with Gasteiger partial charge >= 0.3 is 0 Å². The molecular weight excluding hydrogens is 400 g/mol. The van der Waals surface area contributed by atoms with Crippen molar-refractivity contribution in [1.29, 1.82) is 0 Å². The normalized spacial score (nSPS) is 26.6. The Labute approximate surface area is 182 Å². The highest BCUT2D eigenvalue weighted by molar-refractivity contribution is 5.86. The van der Waals surface area contributed by atoms with Gasteiger partial charge in [0, 0.05) is 57.7 Å². The summed E-state index contributed by atoms with van der Waals surface area (Å²) in [5, 5.41) is 9.92. The molecule has 4 heterocycles. The Morgan fingerprint density at radius 1 is 1.19 bits per heavy atom. The molecule has 3 saturated heterocycles. The van der Waals surface area contributed by atoms with Crippen LogP contribution in [0.3, 0.4) is 0 Å². The lowest BCUT2D eigenvalue weighted by atomic mass is 9.68. The highest BCUT2D eigenvalue weighted by atomic mass is 16.3. The zero-order valence-corrected chi connectivity index (χ0v) is 18.1. The van der Waals surface area contributed by atoms with Crippen molar-refractivity contribution in [3.8, 4) is 0 Å². The molecule has 31 heavy (non-hydrogen) atoms. The fourth-order valence-electron chi connectivity index (χ4n) is 4.98. The van der Waals surface area contributed by atoms with Crippen molar-refractivity contribution < 1.29 is 19.5 Å². The van der Waals surface area contributed by atoms with E-state index in [4.69, 9.17) is 9.90 Å². The average Bonchev–Trinajstić information content (AvgIpc) is 2.79. The maximum Gasteiger partial charge on any atom is 0.290 e. The van der Waals surface area contributed by atoms with Crippen LogP contribution in [0, 0.1) is 5.41 Å². The molecule has 1 aromatic heterocycles. The molecule has 2 atom stereocenters. The van der Waals surface area contributed by atoms with E-state index in [0.717, 1.165) is 70.9 Å². The molecule has 2 N–H and O–H groups in total. The number of nitrogens with one attached hydrogen (secondary N) is 1. The summed E-state index contributed by atoms with van der Waals surface area (Å²) in [6.07, 6.45) is 7.20. The predicted octanol–water partition coefficient (Wildman–Crippen LogP) is 0.207. The maximum absolute atomic E-state index is 13.1. The number of carbonyl (C=O) groups excluding carboxylic acids is 2.